The molecule has 2 N–H and O–H groups in total. The van der Waals surface area contributed by atoms with Crippen molar-refractivity contribution in [2.45, 2.75) is 44.3 Å². The van der Waals surface area contributed by atoms with Gasteiger partial charge in [-0.25, -0.2) is 0 Å². The van der Waals surface area contributed by atoms with E-state index in [9.17, 15) is 23.1 Å². The monoisotopic (exact) mass is 334 g/mol. The first kappa shape index (κ1) is 17.0. The van der Waals surface area contributed by atoms with Crippen LogP contribution in [0.5, 0.6) is 0 Å². The van der Waals surface area contributed by atoms with Gasteiger partial charge in [-0.05, 0) is 57.0 Å². The van der Waals surface area contributed by atoms with E-state index in [1.165, 1.54) is 4.90 Å². The van der Waals surface area contributed by atoms with Crippen LogP contribution in [0.1, 0.15) is 32.1 Å². The highest BCUT2D eigenvalue weighted by molar-refractivity contribution is 5.79. The number of nitrogens with one attached hydrogen (secondary N) is 1. The van der Waals surface area contributed by atoms with E-state index < -0.39 is 12.7 Å². The minimum atomic E-state index is -4.17. The fraction of sp³-hybridized carbons (Fsp3) is 0.938. The molecule has 3 aliphatic rings. The van der Waals surface area contributed by atoms with Crippen LogP contribution in [0.25, 0.3) is 0 Å². The van der Waals surface area contributed by atoms with Crippen LogP contribution in [0, 0.1) is 23.7 Å². The van der Waals surface area contributed by atoms with Gasteiger partial charge >= 0.3 is 6.18 Å². The summed E-state index contributed by atoms with van der Waals surface area (Å²) in [4.78, 5) is 13.8. The lowest BCUT2D eigenvalue weighted by Gasteiger charge is -2.35. The summed E-state index contributed by atoms with van der Waals surface area (Å²) in [6, 6.07) is 0.0551. The van der Waals surface area contributed by atoms with Crippen molar-refractivity contribution in [1.29, 1.82) is 0 Å². The zero-order valence-electron chi connectivity index (χ0n) is 13.2. The molecular weight excluding hydrogens is 309 g/mol. The molecule has 1 saturated heterocycles. The zero-order chi connectivity index (χ0) is 16.6. The molecule has 7 heteroatoms. The van der Waals surface area contributed by atoms with Crippen molar-refractivity contribution in [3.8, 4) is 0 Å². The van der Waals surface area contributed by atoms with Gasteiger partial charge in [0.2, 0.25) is 5.91 Å². The number of alkyl halides is 3. The Labute approximate surface area is 134 Å². The Morgan fingerprint density at radius 3 is 2.39 bits per heavy atom. The number of aliphatic hydroxyl groups excluding tert-OH is 1. The van der Waals surface area contributed by atoms with Gasteiger partial charge < -0.3 is 10.4 Å². The summed E-state index contributed by atoms with van der Waals surface area (Å²) in [6.07, 6.45) is 0.111. The Balaban J connectivity index is 1.48. The van der Waals surface area contributed by atoms with Crippen molar-refractivity contribution in [3.05, 3.63) is 0 Å². The van der Waals surface area contributed by atoms with E-state index >= 15 is 0 Å². The lowest BCUT2D eigenvalue weighted by atomic mass is 9.84. The van der Waals surface area contributed by atoms with Crippen molar-refractivity contribution >= 4 is 5.91 Å². The van der Waals surface area contributed by atoms with Crippen molar-refractivity contribution in [2.75, 3.05) is 26.2 Å². The lowest BCUT2D eigenvalue weighted by Crippen LogP contribution is -2.49. The standard InChI is InChI=1S/C16H25F3N2O2/c17-16(18,19)9-21-5-3-10(4-6-21)15(23)20-14-12-2-1-11(7-12)13(14)8-22/h10-14,22H,1-9H2,(H,20,23)/t11-,12-,13-,14-/m0/s1. The van der Waals surface area contributed by atoms with Crippen LogP contribution in [-0.4, -0.2) is 54.4 Å². The van der Waals surface area contributed by atoms with Crippen LogP contribution < -0.4 is 5.32 Å². The molecule has 1 heterocycles. The molecule has 23 heavy (non-hydrogen) atoms. The van der Waals surface area contributed by atoms with Crippen LogP contribution in [0.4, 0.5) is 13.2 Å². The van der Waals surface area contributed by atoms with Gasteiger partial charge in [-0.15, -0.1) is 0 Å². The van der Waals surface area contributed by atoms with E-state index in [2.05, 4.69) is 5.32 Å². The number of hydrogen-bond acceptors (Lipinski definition) is 3. The Morgan fingerprint density at radius 1 is 1.13 bits per heavy atom. The fourth-order valence-corrected chi connectivity index (χ4v) is 4.79. The van der Waals surface area contributed by atoms with Gasteiger partial charge in [0.1, 0.15) is 0 Å². The Bertz CT molecular complexity index is 436. The first-order chi connectivity index (χ1) is 10.9. The molecule has 132 valence electrons. The second-order valence-electron chi connectivity index (χ2n) is 7.38. The van der Waals surface area contributed by atoms with Gasteiger partial charge in [0, 0.05) is 24.5 Å². The number of aliphatic hydroxyl groups is 1. The second kappa shape index (κ2) is 6.59. The highest BCUT2D eigenvalue weighted by Gasteiger charge is 2.48. The molecule has 2 saturated carbocycles. The number of likely N-dealkylation sites (tertiary alicyclic amines) is 1. The van der Waals surface area contributed by atoms with E-state index in [4.69, 9.17) is 0 Å². The largest absolute Gasteiger partial charge is 0.401 e. The average Bonchev–Trinajstić information content (AvgIpc) is 3.07. The van der Waals surface area contributed by atoms with Crippen LogP contribution in [0.2, 0.25) is 0 Å². The molecule has 0 aromatic carbocycles. The third-order valence-electron chi connectivity index (χ3n) is 5.97. The SMILES string of the molecule is O=C(N[C@H]1[C@H]2CC[C@@H](C2)[C@@H]1CO)C1CCN(CC(F)(F)F)CC1. The van der Waals surface area contributed by atoms with Crippen molar-refractivity contribution < 1.29 is 23.1 Å². The number of fused-ring (bicyclic) bond motifs is 2. The van der Waals surface area contributed by atoms with E-state index in [1.54, 1.807) is 0 Å². The summed E-state index contributed by atoms with van der Waals surface area (Å²) in [7, 11) is 0. The molecule has 0 aromatic rings. The first-order valence-corrected chi connectivity index (χ1v) is 8.57. The number of rotatable bonds is 4. The molecule has 0 radical (unpaired) electrons. The van der Waals surface area contributed by atoms with E-state index in [-0.39, 0.29) is 30.4 Å². The van der Waals surface area contributed by atoms with Crippen molar-refractivity contribution in [2.24, 2.45) is 23.7 Å². The molecule has 0 spiro atoms. The minimum Gasteiger partial charge on any atom is -0.396 e. The second-order valence-corrected chi connectivity index (χ2v) is 7.38. The Morgan fingerprint density at radius 2 is 1.78 bits per heavy atom. The number of hydrogen-bond donors (Lipinski definition) is 2. The number of amides is 1. The van der Waals surface area contributed by atoms with Crippen LogP contribution >= 0.6 is 0 Å². The molecule has 0 unspecified atom stereocenters. The Kier molecular flexibility index (Phi) is 4.88. The quantitative estimate of drug-likeness (QED) is 0.824. The summed E-state index contributed by atoms with van der Waals surface area (Å²) in [5, 5.41) is 12.7. The molecule has 3 rings (SSSR count). The number of carbonyl (C=O) groups excluding carboxylic acids is 1. The molecule has 3 fully saturated rings. The Hall–Kier alpha value is -0.820. The van der Waals surface area contributed by atoms with E-state index in [1.807, 2.05) is 0 Å². The first-order valence-electron chi connectivity index (χ1n) is 8.57. The molecule has 0 aromatic heterocycles. The van der Waals surface area contributed by atoms with Gasteiger partial charge in [0.25, 0.3) is 0 Å². The van der Waals surface area contributed by atoms with E-state index in [0.717, 1.165) is 19.3 Å². The summed E-state index contributed by atoms with van der Waals surface area (Å²) >= 11 is 0. The number of carbonyl (C=O) groups is 1. The summed E-state index contributed by atoms with van der Waals surface area (Å²) in [5.41, 5.74) is 0. The maximum Gasteiger partial charge on any atom is 0.401 e. The van der Waals surface area contributed by atoms with Crippen LogP contribution in [0.3, 0.4) is 0 Å². The molecule has 4 nitrogen and oxygen atoms in total. The summed E-state index contributed by atoms with van der Waals surface area (Å²) in [6.45, 7) is -0.147. The zero-order valence-corrected chi connectivity index (χ0v) is 13.2. The normalized spacial score (nSPS) is 35.7. The third-order valence-corrected chi connectivity index (χ3v) is 5.97. The lowest BCUT2D eigenvalue weighted by molar-refractivity contribution is -0.149. The van der Waals surface area contributed by atoms with Gasteiger partial charge in [0.05, 0.1) is 6.54 Å². The van der Waals surface area contributed by atoms with Gasteiger partial charge in [-0.3, -0.25) is 9.69 Å². The summed E-state index contributed by atoms with van der Waals surface area (Å²) < 4.78 is 37.2. The average molecular weight is 334 g/mol. The maximum atomic E-state index is 12.5. The fourth-order valence-electron chi connectivity index (χ4n) is 4.79. The molecule has 2 bridgehead atoms. The predicted octanol–water partition coefficient (Wildman–Crippen LogP) is 1.78. The van der Waals surface area contributed by atoms with Crippen molar-refractivity contribution in [1.82, 2.24) is 10.2 Å². The van der Waals surface area contributed by atoms with Gasteiger partial charge in [-0.2, -0.15) is 13.2 Å². The van der Waals surface area contributed by atoms with Crippen molar-refractivity contribution in [3.63, 3.8) is 0 Å². The summed E-state index contributed by atoms with van der Waals surface area (Å²) in [5.74, 6) is 0.906. The molecule has 1 amide bonds. The van der Waals surface area contributed by atoms with Crippen LogP contribution in [-0.2, 0) is 4.79 Å². The van der Waals surface area contributed by atoms with E-state index in [0.29, 0.717) is 37.8 Å². The van der Waals surface area contributed by atoms with Gasteiger partial charge in [-0.1, -0.05) is 0 Å². The third kappa shape index (κ3) is 3.82. The number of nitrogens with zero attached hydrogens (tertiary/aromatic N) is 1. The molecule has 1 aliphatic heterocycles. The predicted molar refractivity (Wildman–Crippen MR) is 78.6 cm³/mol. The molecule has 2 aliphatic carbocycles. The van der Waals surface area contributed by atoms with Crippen LogP contribution in [0.15, 0.2) is 0 Å². The molecular formula is C16H25F3N2O2. The van der Waals surface area contributed by atoms with Gasteiger partial charge in [0.15, 0.2) is 0 Å². The highest BCUT2D eigenvalue weighted by atomic mass is 19.4. The topological polar surface area (TPSA) is 52.6 Å². The maximum absolute atomic E-state index is 12.5. The highest BCUT2D eigenvalue weighted by Crippen LogP contribution is 2.48. The number of halogens is 3. The number of piperidine rings is 1. The molecule has 4 atom stereocenters. The minimum absolute atomic E-state index is 0.0346. The smallest absolute Gasteiger partial charge is 0.396 e.